The van der Waals surface area contributed by atoms with Crippen LogP contribution >= 0.6 is 7.60 Å². The fourth-order valence-corrected chi connectivity index (χ4v) is 3.09. The van der Waals surface area contributed by atoms with Crippen LogP contribution in [0.2, 0.25) is 0 Å². The van der Waals surface area contributed by atoms with Crippen molar-refractivity contribution in [3.63, 3.8) is 0 Å². The van der Waals surface area contributed by atoms with Gasteiger partial charge < -0.3 is 14.3 Å². The lowest BCUT2D eigenvalue weighted by Crippen LogP contribution is -2.23. The molecule has 6 heteroatoms. The van der Waals surface area contributed by atoms with Crippen LogP contribution in [0.4, 0.5) is 0 Å². The van der Waals surface area contributed by atoms with E-state index in [9.17, 15) is 9.77 Å². The first-order valence-corrected chi connectivity index (χ1v) is 7.38. The third-order valence-electron chi connectivity index (χ3n) is 2.20. The smallest absolute Gasteiger partial charge is 0.330 e. The van der Waals surface area contributed by atoms with Crippen molar-refractivity contribution in [2.75, 3.05) is 19.4 Å². The van der Waals surface area contributed by atoms with E-state index in [4.69, 9.17) is 9.05 Å². The molecule has 0 bridgehead atoms. The molecule has 0 spiro atoms. The first kappa shape index (κ1) is 14.2. The molecule has 0 atom stereocenters. The van der Waals surface area contributed by atoms with Crippen LogP contribution in [0.1, 0.15) is 19.4 Å². The molecule has 0 saturated carbocycles. The van der Waals surface area contributed by atoms with E-state index >= 15 is 0 Å². The van der Waals surface area contributed by atoms with Crippen molar-refractivity contribution in [3.05, 3.63) is 35.3 Å². The zero-order valence-corrected chi connectivity index (χ0v) is 11.1. The summed E-state index contributed by atoms with van der Waals surface area (Å²) in [6.07, 6.45) is 3.74. The molecule has 0 radical (unpaired) electrons. The average Bonchev–Trinajstić information content (AvgIpc) is 2.29. The Kier molecular flexibility index (Phi) is 5.62. The summed E-state index contributed by atoms with van der Waals surface area (Å²) >= 11 is 0. The van der Waals surface area contributed by atoms with E-state index in [1.54, 1.807) is 26.0 Å². The highest BCUT2D eigenvalue weighted by Crippen LogP contribution is 2.48. The Hall–Kier alpha value is -0.900. The summed E-state index contributed by atoms with van der Waals surface area (Å²) in [5, 5.41) is 10.8. The maximum atomic E-state index is 12.1. The molecule has 0 aliphatic rings. The lowest BCUT2D eigenvalue weighted by Gasteiger charge is -2.16. The van der Waals surface area contributed by atoms with Crippen molar-refractivity contribution in [2.24, 2.45) is 0 Å². The van der Waals surface area contributed by atoms with Gasteiger partial charge in [-0.3, -0.25) is 4.57 Å². The molecule has 0 amide bonds. The molecule has 0 unspecified atom stereocenters. The first-order chi connectivity index (χ1) is 8.09. The zero-order valence-electron chi connectivity index (χ0n) is 10.2. The molecule has 0 saturated heterocycles. The van der Waals surface area contributed by atoms with Crippen LogP contribution in [0.15, 0.2) is 24.5 Å². The Bertz CT molecular complexity index is 370. The molecule has 5 nitrogen and oxygen atoms in total. The number of pyridine rings is 1. The molecule has 96 valence electrons. The minimum atomic E-state index is -2.98. The number of nitrogens with zero attached hydrogens (tertiary/aromatic N) is 1. The number of aryl methyl sites for hydroxylation is 1. The lowest BCUT2D eigenvalue weighted by molar-refractivity contribution is -0.605. The molecule has 17 heavy (non-hydrogen) atoms. The third-order valence-corrected chi connectivity index (χ3v) is 4.27. The quantitative estimate of drug-likeness (QED) is 0.427. The predicted molar refractivity (Wildman–Crippen MR) is 64.8 cm³/mol. The highest BCUT2D eigenvalue weighted by atomic mass is 31.2. The Morgan fingerprint density at radius 2 is 1.76 bits per heavy atom. The fraction of sp³-hybridized carbons (Fsp3) is 0.545. The van der Waals surface area contributed by atoms with E-state index in [-0.39, 0.29) is 0 Å². The van der Waals surface area contributed by atoms with Gasteiger partial charge in [0.15, 0.2) is 12.4 Å². The fourth-order valence-electron chi connectivity index (χ4n) is 1.44. The van der Waals surface area contributed by atoms with Gasteiger partial charge in [-0.15, -0.1) is 0 Å². The molecule has 1 heterocycles. The molecule has 0 aromatic carbocycles. The van der Waals surface area contributed by atoms with Gasteiger partial charge in [0.25, 0.3) is 0 Å². The minimum absolute atomic E-state index is 0.331. The summed E-state index contributed by atoms with van der Waals surface area (Å²) in [5.41, 5.74) is 0.941. The molecule has 0 aliphatic heterocycles. The van der Waals surface area contributed by atoms with E-state index < -0.39 is 7.60 Å². The van der Waals surface area contributed by atoms with Crippen LogP contribution < -0.4 is 4.73 Å². The standard InChI is InChI=1S/C11H18NO4P/c1-3-15-17(14,16-4-2)10-7-11-5-8-12(13)9-6-11/h5-6,8-9H,3-4,7,10H2,1-2H3. The van der Waals surface area contributed by atoms with Gasteiger partial charge >= 0.3 is 7.60 Å². The topological polar surface area (TPSA) is 62.5 Å². The van der Waals surface area contributed by atoms with Crippen molar-refractivity contribution in [2.45, 2.75) is 20.3 Å². The Morgan fingerprint density at radius 3 is 2.24 bits per heavy atom. The lowest BCUT2D eigenvalue weighted by atomic mass is 10.2. The zero-order chi connectivity index (χ0) is 12.7. The number of hydrogen-bond donors (Lipinski definition) is 0. The summed E-state index contributed by atoms with van der Waals surface area (Å²) in [7, 11) is -2.98. The van der Waals surface area contributed by atoms with E-state index in [0.717, 1.165) is 5.56 Å². The van der Waals surface area contributed by atoms with Crippen LogP contribution in [-0.2, 0) is 20.0 Å². The Balaban J connectivity index is 2.57. The van der Waals surface area contributed by atoms with Crippen LogP contribution in [0.25, 0.3) is 0 Å². The van der Waals surface area contributed by atoms with E-state index in [0.29, 0.717) is 30.5 Å². The molecular formula is C11H18NO4P. The van der Waals surface area contributed by atoms with Gasteiger partial charge in [-0.1, -0.05) is 0 Å². The largest absolute Gasteiger partial charge is 0.619 e. The molecule has 0 aliphatic carbocycles. The molecular weight excluding hydrogens is 241 g/mol. The van der Waals surface area contributed by atoms with Gasteiger partial charge in [-0.25, -0.2) is 0 Å². The minimum Gasteiger partial charge on any atom is -0.619 e. The maximum Gasteiger partial charge on any atom is 0.330 e. The van der Waals surface area contributed by atoms with Gasteiger partial charge in [0.1, 0.15) is 0 Å². The van der Waals surface area contributed by atoms with Crippen molar-refractivity contribution in [3.8, 4) is 0 Å². The van der Waals surface area contributed by atoms with E-state index in [2.05, 4.69) is 0 Å². The molecule has 1 aromatic rings. The summed E-state index contributed by atoms with van der Waals surface area (Å²) in [6.45, 7) is 4.31. The van der Waals surface area contributed by atoms with Gasteiger partial charge in [0.05, 0.1) is 19.4 Å². The second kappa shape index (κ2) is 6.74. The highest BCUT2D eigenvalue weighted by molar-refractivity contribution is 7.53. The second-order valence-corrected chi connectivity index (χ2v) is 5.67. The van der Waals surface area contributed by atoms with Crippen molar-refractivity contribution in [1.82, 2.24) is 0 Å². The SMILES string of the molecule is CCOP(=O)(CCc1cc[n+]([O-])cc1)OCC. The van der Waals surface area contributed by atoms with Gasteiger partial charge in [-0.05, 0) is 25.8 Å². The molecule has 1 rings (SSSR count). The summed E-state index contributed by atoms with van der Waals surface area (Å²) < 4.78 is 23.2. The second-order valence-electron chi connectivity index (χ2n) is 3.49. The monoisotopic (exact) mass is 259 g/mol. The summed E-state index contributed by atoms with van der Waals surface area (Å²) in [4.78, 5) is 0. The van der Waals surface area contributed by atoms with Crippen LogP contribution in [-0.4, -0.2) is 19.4 Å². The normalized spacial score (nSPS) is 11.6. The van der Waals surface area contributed by atoms with Gasteiger partial charge in [0.2, 0.25) is 0 Å². The van der Waals surface area contributed by atoms with Gasteiger partial charge in [0, 0.05) is 12.1 Å². The van der Waals surface area contributed by atoms with E-state index in [1.165, 1.54) is 12.4 Å². The van der Waals surface area contributed by atoms with Crippen LogP contribution in [0.5, 0.6) is 0 Å². The van der Waals surface area contributed by atoms with Crippen LogP contribution in [0.3, 0.4) is 0 Å². The van der Waals surface area contributed by atoms with E-state index in [1.807, 2.05) is 0 Å². The molecule has 0 N–H and O–H groups in total. The van der Waals surface area contributed by atoms with Crippen molar-refractivity contribution >= 4 is 7.60 Å². The Morgan fingerprint density at radius 1 is 1.24 bits per heavy atom. The van der Waals surface area contributed by atoms with Gasteiger partial charge in [-0.2, -0.15) is 4.73 Å². The van der Waals surface area contributed by atoms with Crippen LogP contribution in [0, 0.1) is 5.21 Å². The van der Waals surface area contributed by atoms with Crippen molar-refractivity contribution < 1.29 is 18.3 Å². The molecule has 1 aromatic heterocycles. The Labute approximate surface area is 101 Å². The van der Waals surface area contributed by atoms with Crippen molar-refractivity contribution in [1.29, 1.82) is 0 Å². The molecule has 0 fully saturated rings. The maximum absolute atomic E-state index is 12.1. The first-order valence-electron chi connectivity index (χ1n) is 5.65. The highest BCUT2D eigenvalue weighted by Gasteiger charge is 2.22. The summed E-state index contributed by atoms with van der Waals surface area (Å²) in [6, 6.07) is 3.41. The number of aromatic nitrogens is 1. The average molecular weight is 259 g/mol. The predicted octanol–water partition coefficient (Wildman–Crippen LogP) is 2.13. The number of rotatable bonds is 7. The third kappa shape index (κ3) is 4.86. The number of hydrogen-bond acceptors (Lipinski definition) is 4. The summed E-state index contributed by atoms with van der Waals surface area (Å²) in [5.74, 6) is 0.